The van der Waals surface area contributed by atoms with E-state index < -0.39 is 5.97 Å². The van der Waals surface area contributed by atoms with Crippen molar-refractivity contribution < 1.29 is 9.90 Å². The predicted octanol–water partition coefficient (Wildman–Crippen LogP) is 2.72. The average Bonchev–Trinajstić information content (AvgIpc) is 2.65. The zero-order valence-corrected chi connectivity index (χ0v) is 11.5. The third-order valence-electron chi connectivity index (χ3n) is 3.36. The van der Waals surface area contributed by atoms with E-state index in [0.717, 1.165) is 22.8 Å². The molecule has 1 heterocycles. The third-order valence-corrected chi connectivity index (χ3v) is 3.36. The van der Waals surface area contributed by atoms with Gasteiger partial charge in [-0.2, -0.15) is 0 Å². The van der Waals surface area contributed by atoms with Gasteiger partial charge in [-0.25, -0.2) is 4.98 Å². The summed E-state index contributed by atoms with van der Waals surface area (Å²) in [5, 5.41) is 8.75. The maximum absolute atomic E-state index is 10.6. The second-order valence-electron chi connectivity index (χ2n) is 4.78. The molecule has 0 atom stereocenters. The number of hydrogen-bond donors (Lipinski definition) is 1. The summed E-state index contributed by atoms with van der Waals surface area (Å²) in [6.07, 6.45) is 0.566. The van der Waals surface area contributed by atoms with Crippen LogP contribution in [-0.2, 0) is 18.3 Å². The minimum atomic E-state index is -0.794. The standard InChI is InChI=1S/C15H18N2O2/c1-10-4-6-12(7-5-10)15-11(2)17(3)13(16-15)8-9-14(18)19/h4-7H,8-9H2,1-3H3,(H,18,19). The summed E-state index contributed by atoms with van der Waals surface area (Å²) < 4.78 is 1.97. The summed E-state index contributed by atoms with van der Waals surface area (Å²) in [4.78, 5) is 15.2. The summed E-state index contributed by atoms with van der Waals surface area (Å²) in [6, 6.07) is 8.21. The fraction of sp³-hybridized carbons (Fsp3) is 0.333. The molecule has 100 valence electrons. The van der Waals surface area contributed by atoms with Crippen molar-refractivity contribution in [2.24, 2.45) is 7.05 Å². The van der Waals surface area contributed by atoms with Crippen LogP contribution in [0.15, 0.2) is 24.3 Å². The molecular weight excluding hydrogens is 240 g/mol. The molecule has 2 rings (SSSR count). The van der Waals surface area contributed by atoms with Gasteiger partial charge in [-0.1, -0.05) is 29.8 Å². The van der Waals surface area contributed by atoms with Crippen molar-refractivity contribution in [3.63, 3.8) is 0 Å². The molecule has 1 N–H and O–H groups in total. The number of aryl methyl sites for hydroxylation is 2. The smallest absolute Gasteiger partial charge is 0.303 e. The molecule has 1 aromatic carbocycles. The van der Waals surface area contributed by atoms with E-state index in [1.54, 1.807) is 0 Å². The van der Waals surface area contributed by atoms with Crippen LogP contribution >= 0.6 is 0 Å². The lowest BCUT2D eigenvalue weighted by molar-refractivity contribution is -0.137. The molecule has 2 aromatic rings. The van der Waals surface area contributed by atoms with Crippen LogP contribution in [0, 0.1) is 13.8 Å². The Hall–Kier alpha value is -2.10. The van der Waals surface area contributed by atoms with Gasteiger partial charge in [-0.15, -0.1) is 0 Å². The number of benzene rings is 1. The first kappa shape index (κ1) is 13.3. The second kappa shape index (κ2) is 5.26. The molecule has 19 heavy (non-hydrogen) atoms. The van der Waals surface area contributed by atoms with Crippen LogP contribution in [0.1, 0.15) is 23.5 Å². The maximum atomic E-state index is 10.6. The Morgan fingerprint density at radius 2 is 1.89 bits per heavy atom. The Kier molecular flexibility index (Phi) is 3.69. The van der Waals surface area contributed by atoms with Crippen molar-refractivity contribution >= 4 is 5.97 Å². The van der Waals surface area contributed by atoms with Crippen LogP contribution in [-0.4, -0.2) is 20.6 Å². The van der Waals surface area contributed by atoms with Crippen LogP contribution in [0.3, 0.4) is 0 Å². The van der Waals surface area contributed by atoms with Crippen LogP contribution in [0.4, 0.5) is 0 Å². The molecule has 0 spiro atoms. The molecule has 0 amide bonds. The first-order valence-electron chi connectivity index (χ1n) is 6.30. The van der Waals surface area contributed by atoms with Gasteiger partial charge in [0.2, 0.25) is 0 Å². The number of carboxylic acids is 1. The van der Waals surface area contributed by atoms with Crippen LogP contribution in [0.2, 0.25) is 0 Å². The van der Waals surface area contributed by atoms with E-state index in [1.807, 2.05) is 37.6 Å². The van der Waals surface area contributed by atoms with Gasteiger partial charge in [0.05, 0.1) is 12.1 Å². The van der Waals surface area contributed by atoms with E-state index in [9.17, 15) is 4.79 Å². The number of hydrogen-bond acceptors (Lipinski definition) is 2. The van der Waals surface area contributed by atoms with Gasteiger partial charge < -0.3 is 9.67 Å². The van der Waals surface area contributed by atoms with Crippen LogP contribution < -0.4 is 0 Å². The van der Waals surface area contributed by atoms with E-state index in [0.29, 0.717) is 6.42 Å². The van der Waals surface area contributed by atoms with Crippen molar-refractivity contribution in [1.29, 1.82) is 0 Å². The lowest BCUT2D eigenvalue weighted by Crippen LogP contribution is -2.03. The zero-order chi connectivity index (χ0) is 14.0. The highest BCUT2D eigenvalue weighted by molar-refractivity contribution is 5.67. The number of carbonyl (C=O) groups is 1. The minimum absolute atomic E-state index is 0.109. The van der Waals surface area contributed by atoms with E-state index in [1.165, 1.54) is 5.56 Å². The molecule has 0 unspecified atom stereocenters. The molecule has 0 saturated carbocycles. The van der Waals surface area contributed by atoms with Gasteiger partial charge >= 0.3 is 5.97 Å². The van der Waals surface area contributed by atoms with Gasteiger partial charge in [-0.05, 0) is 13.8 Å². The molecule has 0 aliphatic heterocycles. The Balaban J connectivity index is 2.34. The Morgan fingerprint density at radius 1 is 1.26 bits per heavy atom. The maximum Gasteiger partial charge on any atom is 0.303 e. The molecule has 0 radical (unpaired) electrons. The number of aromatic nitrogens is 2. The lowest BCUT2D eigenvalue weighted by Gasteiger charge is -2.01. The second-order valence-corrected chi connectivity index (χ2v) is 4.78. The summed E-state index contributed by atoms with van der Waals surface area (Å²) in [6.45, 7) is 4.06. The summed E-state index contributed by atoms with van der Waals surface area (Å²) in [5.41, 5.74) is 4.27. The van der Waals surface area contributed by atoms with Gasteiger partial charge in [0.1, 0.15) is 5.82 Å². The van der Waals surface area contributed by atoms with Crippen molar-refractivity contribution in [1.82, 2.24) is 9.55 Å². The molecule has 0 aliphatic rings. The SMILES string of the molecule is Cc1ccc(-c2nc(CCC(=O)O)n(C)c2C)cc1. The number of imidazole rings is 1. The van der Waals surface area contributed by atoms with Crippen molar-refractivity contribution in [2.75, 3.05) is 0 Å². The third kappa shape index (κ3) is 2.84. The van der Waals surface area contributed by atoms with Gasteiger partial charge in [-0.3, -0.25) is 4.79 Å². The molecule has 0 saturated heterocycles. The topological polar surface area (TPSA) is 55.1 Å². The van der Waals surface area contributed by atoms with Crippen molar-refractivity contribution in [3.05, 3.63) is 41.3 Å². The number of carboxylic acid groups (broad SMARTS) is 1. The lowest BCUT2D eigenvalue weighted by atomic mass is 10.1. The normalized spacial score (nSPS) is 10.7. The van der Waals surface area contributed by atoms with Crippen LogP contribution in [0.5, 0.6) is 0 Å². The van der Waals surface area contributed by atoms with Crippen molar-refractivity contribution in [3.8, 4) is 11.3 Å². The highest BCUT2D eigenvalue weighted by atomic mass is 16.4. The molecule has 4 nitrogen and oxygen atoms in total. The average molecular weight is 258 g/mol. The van der Waals surface area contributed by atoms with E-state index in [2.05, 4.69) is 17.1 Å². The minimum Gasteiger partial charge on any atom is -0.481 e. The van der Waals surface area contributed by atoms with E-state index in [-0.39, 0.29) is 6.42 Å². The molecule has 4 heteroatoms. The Bertz CT molecular complexity index is 597. The summed E-state index contributed by atoms with van der Waals surface area (Å²) >= 11 is 0. The first-order chi connectivity index (χ1) is 8.99. The zero-order valence-electron chi connectivity index (χ0n) is 11.5. The first-order valence-corrected chi connectivity index (χ1v) is 6.30. The fourth-order valence-electron chi connectivity index (χ4n) is 2.06. The van der Waals surface area contributed by atoms with Gasteiger partial charge in [0.15, 0.2) is 0 Å². The highest BCUT2D eigenvalue weighted by Gasteiger charge is 2.13. The number of rotatable bonds is 4. The van der Waals surface area contributed by atoms with Crippen molar-refractivity contribution in [2.45, 2.75) is 26.7 Å². The van der Waals surface area contributed by atoms with Gasteiger partial charge in [0.25, 0.3) is 0 Å². The number of nitrogens with zero attached hydrogens (tertiary/aromatic N) is 2. The van der Waals surface area contributed by atoms with Crippen LogP contribution in [0.25, 0.3) is 11.3 Å². The monoisotopic (exact) mass is 258 g/mol. The van der Waals surface area contributed by atoms with E-state index in [4.69, 9.17) is 5.11 Å². The summed E-state index contributed by atoms with van der Waals surface area (Å²) in [5.74, 6) is 0.0213. The highest BCUT2D eigenvalue weighted by Crippen LogP contribution is 2.23. The quantitative estimate of drug-likeness (QED) is 0.917. The molecular formula is C15H18N2O2. The predicted molar refractivity (Wildman–Crippen MR) is 74.1 cm³/mol. The van der Waals surface area contributed by atoms with E-state index >= 15 is 0 Å². The number of aliphatic carboxylic acids is 1. The fourth-order valence-corrected chi connectivity index (χ4v) is 2.06. The summed E-state index contributed by atoms with van der Waals surface area (Å²) in [7, 11) is 1.93. The molecule has 0 aliphatic carbocycles. The molecule has 1 aromatic heterocycles. The Labute approximate surface area is 112 Å². The van der Waals surface area contributed by atoms with Gasteiger partial charge in [0, 0.05) is 24.7 Å². The largest absolute Gasteiger partial charge is 0.481 e. The molecule has 0 fully saturated rings. The molecule has 0 bridgehead atoms. The Morgan fingerprint density at radius 3 is 2.47 bits per heavy atom.